The van der Waals surface area contributed by atoms with Gasteiger partial charge >= 0.3 is 0 Å². The fourth-order valence-electron chi connectivity index (χ4n) is 2.64. The lowest BCUT2D eigenvalue weighted by Gasteiger charge is -2.19. The minimum atomic E-state index is -0.378. The summed E-state index contributed by atoms with van der Waals surface area (Å²) in [6.07, 6.45) is 3.87. The molecule has 2 rings (SSSR count). The van der Waals surface area contributed by atoms with Crippen LogP contribution in [0.5, 0.6) is 0 Å². The standard InChI is InChI=1S/C16H24BrN3OS.2ClH/c1-22-9-7-15(18)16(21)19-10-12-6-8-20(11-12)14-4-2-13(17)3-5-14;;/h2-5,12,15H,6-11,18H2,1H3,(H,19,21);2*1H/t12?,15-;;/m0../s1. The molecular weight excluding hydrogens is 433 g/mol. The first-order valence-corrected chi connectivity index (χ1v) is 9.81. The summed E-state index contributed by atoms with van der Waals surface area (Å²) in [5, 5.41) is 3.01. The number of rotatable bonds is 7. The molecule has 1 aromatic rings. The molecule has 0 bridgehead atoms. The fourth-order valence-corrected chi connectivity index (χ4v) is 3.39. The molecule has 3 N–H and O–H groups in total. The highest BCUT2D eigenvalue weighted by molar-refractivity contribution is 9.10. The summed E-state index contributed by atoms with van der Waals surface area (Å²) in [6.45, 7) is 2.75. The zero-order valence-electron chi connectivity index (χ0n) is 13.7. The average Bonchev–Trinajstić information content (AvgIpc) is 2.99. The number of amides is 1. The molecule has 4 nitrogen and oxygen atoms in total. The largest absolute Gasteiger partial charge is 0.371 e. The highest BCUT2D eigenvalue weighted by Gasteiger charge is 2.23. The monoisotopic (exact) mass is 457 g/mol. The van der Waals surface area contributed by atoms with Gasteiger partial charge in [-0.2, -0.15) is 11.8 Å². The molecule has 1 heterocycles. The van der Waals surface area contributed by atoms with Gasteiger partial charge in [-0.25, -0.2) is 0 Å². The first-order chi connectivity index (χ1) is 10.6. The topological polar surface area (TPSA) is 58.4 Å². The molecule has 1 aliphatic heterocycles. The van der Waals surface area contributed by atoms with Crippen molar-refractivity contribution in [1.82, 2.24) is 5.32 Å². The molecule has 0 spiro atoms. The van der Waals surface area contributed by atoms with Crippen molar-refractivity contribution in [3.05, 3.63) is 28.7 Å². The molecule has 0 radical (unpaired) electrons. The van der Waals surface area contributed by atoms with E-state index in [2.05, 4.69) is 50.4 Å². The minimum Gasteiger partial charge on any atom is -0.371 e. The number of carbonyl (C=O) groups is 1. The number of anilines is 1. The maximum atomic E-state index is 11.9. The number of hydrogen-bond acceptors (Lipinski definition) is 4. The molecule has 2 atom stereocenters. The molecule has 138 valence electrons. The molecule has 1 aromatic carbocycles. The number of nitrogens with one attached hydrogen (secondary N) is 1. The number of nitrogens with zero attached hydrogens (tertiary/aromatic N) is 1. The number of nitrogens with two attached hydrogens (primary N) is 1. The first kappa shape index (κ1) is 23.9. The Labute approximate surface area is 169 Å². The van der Waals surface area contributed by atoms with E-state index in [0.717, 1.165) is 42.7 Å². The molecule has 1 saturated heterocycles. The third kappa shape index (κ3) is 7.40. The van der Waals surface area contributed by atoms with E-state index in [9.17, 15) is 4.79 Å². The van der Waals surface area contributed by atoms with Gasteiger partial charge in [0.05, 0.1) is 6.04 Å². The second-order valence-electron chi connectivity index (χ2n) is 5.71. The molecule has 1 fully saturated rings. The van der Waals surface area contributed by atoms with Crippen LogP contribution in [0.1, 0.15) is 12.8 Å². The van der Waals surface area contributed by atoms with Crippen LogP contribution in [0.3, 0.4) is 0 Å². The van der Waals surface area contributed by atoms with Crippen LogP contribution in [0.25, 0.3) is 0 Å². The van der Waals surface area contributed by atoms with E-state index < -0.39 is 0 Å². The second kappa shape index (κ2) is 12.3. The van der Waals surface area contributed by atoms with Crippen LogP contribution in [0, 0.1) is 5.92 Å². The average molecular weight is 459 g/mol. The van der Waals surface area contributed by atoms with Crippen LogP contribution in [-0.4, -0.2) is 43.6 Å². The van der Waals surface area contributed by atoms with Gasteiger partial charge in [0.2, 0.25) is 5.91 Å². The molecular formula is C16H26BrCl2N3OS. The van der Waals surface area contributed by atoms with Crippen molar-refractivity contribution in [1.29, 1.82) is 0 Å². The van der Waals surface area contributed by atoms with E-state index >= 15 is 0 Å². The van der Waals surface area contributed by atoms with Crippen molar-refractivity contribution < 1.29 is 4.79 Å². The number of hydrogen-bond donors (Lipinski definition) is 2. The van der Waals surface area contributed by atoms with Gasteiger partial charge in [-0.15, -0.1) is 24.8 Å². The molecule has 8 heteroatoms. The normalized spacial score (nSPS) is 17.6. The molecule has 1 aliphatic rings. The van der Waals surface area contributed by atoms with E-state index in [-0.39, 0.29) is 36.8 Å². The third-order valence-corrected chi connectivity index (χ3v) is 5.18. The van der Waals surface area contributed by atoms with Crippen molar-refractivity contribution >= 4 is 64.1 Å². The second-order valence-corrected chi connectivity index (χ2v) is 7.61. The number of halogens is 3. The minimum absolute atomic E-state index is 0. The Bertz CT molecular complexity index is 493. The lowest BCUT2D eigenvalue weighted by molar-refractivity contribution is -0.122. The smallest absolute Gasteiger partial charge is 0.236 e. The fraction of sp³-hybridized carbons (Fsp3) is 0.562. The van der Waals surface area contributed by atoms with Crippen molar-refractivity contribution in [2.75, 3.05) is 36.5 Å². The van der Waals surface area contributed by atoms with Crippen molar-refractivity contribution in [2.45, 2.75) is 18.9 Å². The van der Waals surface area contributed by atoms with Crippen LogP contribution in [0.2, 0.25) is 0 Å². The van der Waals surface area contributed by atoms with Crippen LogP contribution < -0.4 is 16.0 Å². The highest BCUT2D eigenvalue weighted by atomic mass is 79.9. The van der Waals surface area contributed by atoms with Crippen LogP contribution in [0.4, 0.5) is 5.69 Å². The number of thioether (sulfide) groups is 1. The van der Waals surface area contributed by atoms with Gasteiger partial charge < -0.3 is 16.0 Å². The summed E-state index contributed by atoms with van der Waals surface area (Å²) in [5.74, 6) is 1.41. The molecule has 0 aliphatic carbocycles. The molecule has 0 saturated carbocycles. The predicted octanol–water partition coefficient (Wildman–Crippen LogP) is 3.32. The van der Waals surface area contributed by atoms with Crippen LogP contribution in [0.15, 0.2) is 28.7 Å². The maximum Gasteiger partial charge on any atom is 0.236 e. The Balaban J connectivity index is 0.00000264. The highest BCUT2D eigenvalue weighted by Crippen LogP contribution is 2.24. The lowest BCUT2D eigenvalue weighted by atomic mass is 10.1. The zero-order chi connectivity index (χ0) is 15.9. The quantitative estimate of drug-likeness (QED) is 0.657. The van der Waals surface area contributed by atoms with Gasteiger partial charge in [0.1, 0.15) is 0 Å². The Kier molecular flexibility index (Phi) is 12.2. The maximum absolute atomic E-state index is 11.9. The van der Waals surface area contributed by atoms with Gasteiger partial charge in [0.25, 0.3) is 0 Å². The third-order valence-electron chi connectivity index (χ3n) is 4.01. The Morgan fingerprint density at radius 2 is 2.08 bits per heavy atom. The number of carbonyl (C=O) groups excluding carboxylic acids is 1. The molecule has 1 unspecified atom stereocenters. The van der Waals surface area contributed by atoms with Crippen molar-refractivity contribution in [3.8, 4) is 0 Å². The lowest BCUT2D eigenvalue weighted by Crippen LogP contribution is -2.43. The molecule has 1 amide bonds. The number of benzene rings is 1. The summed E-state index contributed by atoms with van der Waals surface area (Å²) in [5.41, 5.74) is 7.12. The Morgan fingerprint density at radius 3 is 2.71 bits per heavy atom. The van der Waals surface area contributed by atoms with Crippen molar-refractivity contribution in [2.24, 2.45) is 11.7 Å². The summed E-state index contributed by atoms with van der Waals surface area (Å²) >= 11 is 5.18. The molecule has 0 aromatic heterocycles. The zero-order valence-corrected chi connectivity index (χ0v) is 17.8. The van der Waals surface area contributed by atoms with Gasteiger partial charge in [-0.3, -0.25) is 4.79 Å². The molecule has 24 heavy (non-hydrogen) atoms. The Hall–Kier alpha value is -0.140. The van der Waals surface area contributed by atoms with Gasteiger partial charge in [-0.05, 0) is 55.0 Å². The summed E-state index contributed by atoms with van der Waals surface area (Å²) < 4.78 is 1.10. The van der Waals surface area contributed by atoms with Crippen LogP contribution >= 0.6 is 52.5 Å². The van der Waals surface area contributed by atoms with Gasteiger partial charge in [-0.1, -0.05) is 15.9 Å². The van der Waals surface area contributed by atoms with E-state index in [4.69, 9.17) is 5.73 Å². The van der Waals surface area contributed by atoms with E-state index in [1.807, 2.05) is 6.26 Å². The summed E-state index contributed by atoms with van der Waals surface area (Å²) in [7, 11) is 0. The van der Waals surface area contributed by atoms with E-state index in [1.165, 1.54) is 5.69 Å². The van der Waals surface area contributed by atoms with Crippen LogP contribution in [-0.2, 0) is 4.79 Å². The predicted molar refractivity (Wildman–Crippen MR) is 113 cm³/mol. The Morgan fingerprint density at radius 1 is 1.42 bits per heavy atom. The van der Waals surface area contributed by atoms with E-state index in [1.54, 1.807) is 11.8 Å². The van der Waals surface area contributed by atoms with Crippen molar-refractivity contribution in [3.63, 3.8) is 0 Å². The SMILES string of the molecule is CSCC[C@H](N)C(=O)NCC1CCN(c2ccc(Br)cc2)C1.Cl.Cl. The summed E-state index contributed by atoms with van der Waals surface area (Å²) in [6, 6.07) is 8.01. The van der Waals surface area contributed by atoms with E-state index in [0.29, 0.717) is 5.92 Å². The first-order valence-electron chi connectivity index (χ1n) is 7.63. The summed E-state index contributed by atoms with van der Waals surface area (Å²) in [4.78, 5) is 14.3. The van der Waals surface area contributed by atoms with Gasteiger partial charge in [0.15, 0.2) is 0 Å². The van der Waals surface area contributed by atoms with Gasteiger partial charge in [0, 0.05) is 29.8 Å².